The molecule has 1 atom stereocenters. The molecule has 1 aliphatic carbocycles. The van der Waals surface area contributed by atoms with Crippen molar-refractivity contribution in [2.24, 2.45) is 0 Å². The molecule has 2 fully saturated rings. The number of amides is 3. The van der Waals surface area contributed by atoms with E-state index in [1.807, 2.05) is 32.0 Å². The maximum Gasteiger partial charge on any atom is 0.274 e. The van der Waals surface area contributed by atoms with E-state index in [1.165, 1.54) is 0 Å². The number of carbonyl (C=O) groups excluding carboxylic acids is 3. The molecule has 1 saturated carbocycles. The molecule has 2 aromatic rings. The molecule has 1 aromatic heterocycles. The summed E-state index contributed by atoms with van der Waals surface area (Å²) in [4.78, 5) is 46.0. The second kappa shape index (κ2) is 9.95. The van der Waals surface area contributed by atoms with Crippen molar-refractivity contribution < 1.29 is 14.4 Å². The fourth-order valence-corrected chi connectivity index (χ4v) is 5.70. The average Bonchev–Trinajstić information content (AvgIpc) is 3.57. The van der Waals surface area contributed by atoms with E-state index >= 15 is 0 Å². The maximum atomic E-state index is 13.5. The van der Waals surface area contributed by atoms with E-state index in [1.54, 1.807) is 20.5 Å². The molecular formula is C27H36N6O3. The van der Waals surface area contributed by atoms with Crippen LogP contribution >= 0.6 is 0 Å². The van der Waals surface area contributed by atoms with Crippen molar-refractivity contribution in [2.45, 2.75) is 64.1 Å². The molecular weight excluding hydrogens is 456 g/mol. The van der Waals surface area contributed by atoms with Gasteiger partial charge in [-0.2, -0.15) is 5.10 Å². The zero-order chi connectivity index (χ0) is 25.3. The molecule has 0 radical (unpaired) electrons. The lowest BCUT2D eigenvalue weighted by Crippen LogP contribution is -2.65. The predicted octanol–water partition coefficient (Wildman–Crippen LogP) is 2.53. The SMILES string of the molecule is CCCN1C(=O)c2cc(C(=O)N3CCN(c4ccccc4)CC3)nn2CC1(C)C(=O)NC1CCCC1. The molecule has 3 amide bonds. The third kappa shape index (κ3) is 4.47. The first-order chi connectivity index (χ1) is 17.4. The van der Waals surface area contributed by atoms with E-state index in [-0.39, 0.29) is 36.0 Å². The molecule has 1 unspecified atom stereocenters. The van der Waals surface area contributed by atoms with Gasteiger partial charge in [0, 0.05) is 50.5 Å². The first kappa shape index (κ1) is 24.3. The zero-order valence-electron chi connectivity index (χ0n) is 21.3. The highest BCUT2D eigenvalue weighted by molar-refractivity contribution is 6.02. The zero-order valence-corrected chi connectivity index (χ0v) is 21.3. The van der Waals surface area contributed by atoms with Gasteiger partial charge in [0.15, 0.2) is 5.69 Å². The summed E-state index contributed by atoms with van der Waals surface area (Å²) in [6.07, 6.45) is 4.93. The minimum absolute atomic E-state index is 0.137. The Balaban J connectivity index is 1.32. The number of rotatable bonds is 6. The van der Waals surface area contributed by atoms with E-state index in [0.717, 1.165) is 50.9 Å². The van der Waals surface area contributed by atoms with Gasteiger partial charge in [0.2, 0.25) is 5.91 Å². The summed E-state index contributed by atoms with van der Waals surface area (Å²) in [5.41, 5.74) is 0.749. The van der Waals surface area contributed by atoms with E-state index in [2.05, 4.69) is 27.4 Å². The smallest absolute Gasteiger partial charge is 0.274 e. The highest BCUT2D eigenvalue weighted by atomic mass is 16.2. The number of piperazine rings is 1. The van der Waals surface area contributed by atoms with Crippen LogP contribution in [0.15, 0.2) is 36.4 Å². The molecule has 192 valence electrons. The Hall–Kier alpha value is -3.36. The summed E-state index contributed by atoms with van der Waals surface area (Å²) in [6, 6.07) is 12.0. The van der Waals surface area contributed by atoms with Crippen LogP contribution in [0.2, 0.25) is 0 Å². The fraction of sp³-hybridized carbons (Fsp3) is 0.556. The molecule has 9 nitrogen and oxygen atoms in total. The van der Waals surface area contributed by atoms with Crippen molar-refractivity contribution in [3.8, 4) is 0 Å². The fourth-order valence-electron chi connectivity index (χ4n) is 5.70. The Morgan fingerprint density at radius 3 is 2.44 bits per heavy atom. The molecule has 9 heteroatoms. The number of hydrogen-bond acceptors (Lipinski definition) is 5. The number of para-hydroxylation sites is 1. The topological polar surface area (TPSA) is 90.8 Å². The Kier molecular flexibility index (Phi) is 6.73. The first-order valence-corrected chi connectivity index (χ1v) is 13.2. The molecule has 0 spiro atoms. The lowest BCUT2D eigenvalue weighted by Gasteiger charge is -2.43. The molecule has 36 heavy (non-hydrogen) atoms. The number of aromatic nitrogens is 2. The van der Waals surface area contributed by atoms with Gasteiger partial charge in [-0.1, -0.05) is 38.0 Å². The summed E-state index contributed by atoms with van der Waals surface area (Å²) < 4.78 is 1.57. The lowest BCUT2D eigenvalue weighted by atomic mass is 9.94. The molecule has 1 aromatic carbocycles. The Bertz CT molecular complexity index is 1120. The van der Waals surface area contributed by atoms with Gasteiger partial charge in [0.1, 0.15) is 11.2 Å². The van der Waals surface area contributed by atoms with Crippen molar-refractivity contribution in [3.05, 3.63) is 47.8 Å². The largest absolute Gasteiger partial charge is 0.368 e. The van der Waals surface area contributed by atoms with E-state index in [0.29, 0.717) is 25.3 Å². The van der Waals surface area contributed by atoms with Crippen LogP contribution in [0.25, 0.3) is 0 Å². The number of anilines is 1. The highest BCUT2D eigenvalue weighted by Gasteiger charge is 2.48. The minimum Gasteiger partial charge on any atom is -0.368 e. The maximum absolute atomic E-state index is 13.5. The molecule has 1 saturated heterocycles. The number of hydrogen-bond donors (Lipinski definition) is 1. The predicted molar refractivity (Wildman–Crippen MR) is 137 cm³/mol. The molecule has 5 rings (SSSR count). The van der Waals surface area contributed by atoms with Gasteiger partial charge in [0.05, 0.1) is 6.54 Å². The van der Waals surface area contributed by atoms with Crippen LogP contribution in [-0.4, -0.2) is 81.6 Å². The van der Waals surface area contributed by atoms with Gasteiger partial charge in [-0.25, -0.2) is 0 Å². The summed E-state index contributed by atoms with van der Waals surface area (Å²) >= 11 is 0. The van der Waals surface area contributed by atoms with Gasteiger partial charge in [-0.05, 0) is 38.3 Å². The van der Waals surface area contributed by atoms with Crippen LogP contribution in [0, 0.1) is 0 Å². The second-order valence-electron chi connectivity index (χ2n) is 10.4. The number of nitrogens with one attached hydrogen (secondary N) is 1. The van der Waals surface area contributed by atoms with Crippen LogP contribution in [0.4, 0.5) is 5.69 Å². The summed E-state index contributed by atoms with van der Waals surface area (Å²) in [6.45, 7) is 7.20. The van der Waals surface area contributed by atoms with Crippen molar-refractivity contribution in [1.82, 2.24) is 24.9 Å². The summed E-state index contributed by atoms with van der Waals surface area (Å²) in [5.74, 6) is -0.550. The number of carbonyl (C=O) groups is 3. The monoisotopic (exact) mass is 492 g/mol. The average molecular weight is 493 g/mol. The third-order valence-electron chi connectivity index (χ3n) is 7.83. The highest BCUT2D eigenvalue weighted by Crippen LogP contribution is 2.29. The van der Waals surface area contributed by atoms with Crippen LogP contribution < -0.4 is 10.2 Å². The van der Waals surface area contributed by atoms with Crippen molar-refractivity contribution >= 4 is 23.4 Å². The molecule has 2 aliphatic heterocycles. The quantitative estimate of drug-likeness (QED) is 0.669. The normalized spacial score (nSPS) is 22.6. The third-order valence-corrected chi connectivity index (χ3v) is 7.83. The second-order valence-corrected chi connectivity index (χ2v) is 10.4. The van der Waals surface area contributed by atoms with E-state index in [4.69, 9.17) is 0 Å². The van der Waals surface area contributed by atoms with Crippen molar-refractivity contribution in [2.75, 3.05) is 37.6 Å². The van der Waals surface area contributed by atoms with Crippen molar-refractivity contribution in [1.29, 1.82) is 0 Å². The van der Waals surface area contributed by atoms with Crippen molar-refractivity contribution in [3.63, 3.8) is 0 Å². The number of nitrogens with zero attached hydrogens (tertiary/aromatic N) is 5. The molecule has 1 N–H and O–H groups in total. The van der Waals surface area contributed by atoms with Crippen LogP contribution in [0.5, 0.6) is 0 Å². The Labute approximate surface area is 212 Å². The molecule has 3 aliphatic rings. The van der Waals surface area contributed by atoms with Crippen LogP contribution in [0.1, 0.15) is 66.9 Å². The molecule has 0 bridgehead atoms. The number of fused-ring (bicyclic) bond motifs is 1. The molecule has 3 heterocycles. The standard InChI is InChI=1S/C27H36N6O3/c1-3-13-32-25(35)23-18-22(24(34)31-16-14-30(15-17-31)21-11-5-4-6-12-21)29-33(23)19-27(32,2)26(36)28-20-9-7-8-10-20/h4-6,11-12,18,20H,3,7-10,13-17,19H2,1-2H3,(H,28,36). The van der Waals surface area contributed by atoms with Gasteiger partial charge >= 0.3 is 0 Å². The first-order valence-electron chi connectivity index (χ1n) is 13.2. The summed E-state index contributed by atoms with van der Waals surface area (Å²) in [7, 11) is 0. The van der Waals surface area contributed by atoms with E-state index in [9.17, 15) is 14.4 Å². The lowest BCUT2D eigenvalue weighted by molar-refractivity contribution is -0.133. The van der Waals surface area contributed by atoms with Crippen LogP contribution in [0.3, 0.4) is 0 Å². The van der Waals surface area contributed by atoms with Gasteiger partial charge in [-0.3, -0.25) is 19.1 Å². The van der Waals surface area contributed by atoms with Gasteiger partial charge in [-0.15, -0.1) is 0 Å². The Morgan fingerprint density at radius 1 is 1.08 bits per heavy atom. The minimum atomic E-state index is -1.05. The summed E-state index contributed by atoms with van der Waals surface area (Å²) in [5, 5.41) is 7.72. The van der Waals surface area contributed by atoms with Gasteiger partial charge in [0.25, 0.3) is 11.8 Å². The van der Waals surface area contributed by atoms with Crippen LogP contribution in [-0.2, 0) is 11.3 Å². The van der Waals surface area contributed by atoms with E-state index < -0.39 is 5.54 Å². The Morgan fingerprint density at radius 2 is 1.78 bits per heavy atom. The number of benzene rings is 1. The van der Waals surface area contributed by atoms with Gasteiger partial charge < -0.3 is 20.0 Å².